The fourth-order valence-electron chi connectivity index (χ4n) is 6.35. The maximum absolute atomic E-state index is 12.6. The van der Waals surface area contributed by atoms with Crippen molar-refractivity contribution in [1.82, 2.24) is 10.6 Å². The number of fused-ring (bicyclic) bond motifs is 2. The molecule has 1 heterocycles. The first-order chi connectivity index (χ1) is 24.4. The third-order valence-electron chi connectivity index (χ3n) is 9.10. The van der Waals surface area contributed by atoms with Gasteiger partial charge in [0.15, 0.2) is 0 Å². The summed E-state index contributed by atoms with van der Waals surface area (Å²) in [7, 11) is 0. The Morgan fingerprint density at radius 1 is 0.725 bits per heavy atom. The monoisotopic (exact) mass is 696 g/mol. The zero-order chi connectivity index (χ0) is 36.5. The van der Waals surface area contributed by atoms with Crippen LogP contribution in [-0.2, 0) is 24.5 Å². The molecule has 11 heteroatoms. The van der Waals surface area contributed by atoms with Gasteiger partial charge in [-0.3, -0.25) is 0 Å². The first kappa shape index (κ1) is 36.7. The highest BCUT2D eigenvalue weighted by Gasteiger charge is 2.40. The maximum atomic E-state index is 12.6. The van der Waals surface area contributed by atoms with Crippen molar-refractivity contribution < 1.29 is 42.9 Å². The highest BCUT2D eigenvalue weighted by Crippen LogP contribution is 2.53. The molecule has 5 rings (SSSR count). The fourth-order valence-corrected chi connectivity index (χ4v) is 6.35. The Balaban J connectivity index is 1.37. The third kappa shape index (κ3) is 8.97. The van der Waals surface area contributed by atoms with Crippen LogP contribution in [0.3, 0.4) is 0 Å². The second-order valence-corrected chi connectivity index (χ2v) is 13.0. The van der Waals surface area contributed by atoms with Crippen LogP contribution in [0.15, 0.2) is 85.0 Å². The minimum atomic E-state index is -0.727. The van der Waals surface area contributed by atoms with E-state index in [9.17, 15) is 19.2 Å². The second-order valence-electron chi connectivity index (χ2n) is 13.0. The van der Waals surface area contributed by atoms with Gasteiger partial charge in [0.25, 0.3) is 0 Å². The largest absolute Gasteiger partial charge is 0.460 e. The lowest BCUT2D eigenvalue weighted by molar-refractivity contribution is -0.139. The number of ether oxygens (including phenoxy) is 5. The third-order valence-corrected chi connectivity index (χ3v) is 9.10. The molecule has 0 atom stereocenters. The van der Waals surface area contributed by atoms with E-state index in [1.54, 1.807) is 24.3 Å². The molecule has 3 aromatic rings. The second kappa shape index (κ2) is 16.4. The first-order valence-electron chi connectivity index (χ1n) is 17.1. The molecule has 268 valence electrons. The summed E-state index contributed by atoms with van der Waals surface area (Å²) in [5.74, 6) is 0.874. The van der Waals surface area contributed by atoms with Gasteiger partial charge in [-0.2, -0.15) is 0 Å². The molecule has 0 spiro atoms. The Bertz CT molecular complexity index is 1710. The number of esters is 2. The number of benzene rings is 3. The van der Waals surface area contributed by atoms with Crippen LogP contribution >= 0.6 is 0 Å². The molecule has 0 saturated heterocycles. The molecule has 1 aliphatic heterocycles. The summed E-state index contributed by atoms with van der Waals surface area (Å²) >= 11 is 0. The highest BCUT2D eigenvalue weighted by atomic mass is 16.6. The van der Waals surface area contributed by atoms with Crippen molar-refractivity contribution in [3.63, 3.8) is 0 Å². The van der Waals surface area contributed by atoms with Crippen LogP contribution in [0.1, 0.15) is 81.0 Å². The average molecular weight is 697 g/mol. The van der Waals surface area contributed by atoms with Crippen molar-refractivity contribution in [3.8, 4) is 23.0 Å². The standard InChI is InChI=1S/C40H44N2O9/c1-25(2)36(43)47-21-19-41-38(45)49-30-15-17-32-34(23-30)51-35-24-31(50-39(46)42-20-22-48-37(44)26(3)4)16-18-33(35)40(32,5)29-13-11-28(12-14-29)27-9-7-6-8-10-27/h11-18,23-24,27H,1,3,6-10,19-22H2,2,4-5H3,(H,41,45)(H,42,46). The number of hydrogen-bond donors (Lipinski definition) is 2. The summed E-state index contributed by atoms with van der Waals surface area (Å²) in [5.41, 5.74) is 3.94. The van der Waals surface area contributed by atoms with E-state index in [0.29, 0.717) is 17.4 Å². The number of nitrogens with one attached hydrogen (secondary N) is 2. The number of carbonyl (C=O) groups is 4. The SMILES string of the molecule is C=C(C)C(=O)OCCNC(=O)Oc1ccc2c(c1)Oc1cc(OC(=O)NCCOC(=O)C(=C)C)ccc1C2(C)c1ccc(C2CCCCC2)cc1. The molecule has 0 radical (unpaired) electrons. The molecule has 2 N–H and O–H groups in total. The van der Waals surface area contributed by atoms with Gasteiger partial charge in [0.2, 0.25) is 0 Å². The summed E-state index contributed by atoms with van der Waals surface area (Å²) in [6.45, 7) is 12.3. The van der Waals surface area contributed by atoms with Gasteiger partial charge in [0.05, 0.1) is 13.1 Å². The molecular formula is C40H44N2O9. The lowest BCUT2D eigenvalue weighted by atomic mass is 9.69. The number of rotatable bonds is 12. The molecule has 1 saturated carbocycles. The van der Waals surface area contributed by atoms with Crippen LogP contribution < -0.4 is 24.8 Å². The van der Waals surface area contributed by atoms with Gasteiger partial charge in [-0.25, -0.2) is 19.2 Å². The van der Waals surface area contributed by atoms with Crippen LogP contribution in [0, 0.1) is 0 Å². The highest BCUT2D eigenvalue weighted by molar-refractivity contribution is 5.87. The minimum Gasteiger partial charge on any atom is -0.460 e. The van der Waals surface area contributed by atoms with Gasteiger partial charge < -0.3 is 34.3 Å². The van der Waals surface area contributed by atoms with Gasteiger partial charge in [-0.15, -0.1) is 0 Å². The number of hydrogen-bond acceptors (Lipinski definition) is 9. The molecule has 1 fully saturated rings. The van der Waals surface area contributed by atoms with Crippen LogP contribution in [0.4, 0.5) is 9.59 Å². The van der Waals surface area contributed by atoms with E-state index in [0.717, 1.165) is 16.7 Å². The predicted octanol–water partition coefficient (Wildman–Crippen LogP) is 7.61. The van der Waals surface area contributed by atoms with Crippen LogP contribution in [0.2, 0.25) is 0 Å². The molecule has 0 aromatic heterocycles. The average Bonchev–Trinajstić information content (AvgIpc) is 3.12. The summed E-state index contributed by atoms with van der Waals surface area (Å²) in [6.07, 6.45) is 4.72. The molecule has 11 nitrogen and oxygen atoms in total. The summed E-state index contributed by atoms with van der Waals surface area (Å²) in [4.78, 5) is 48.3. The van der Waals surface area contributed by atoms with Gasteiger partial charge in [0.1, 0.15) is 36.2 Å². The molecule has 2 aliphatic rings. The van der Waals surface area contributed by atoms with Gasteiger partial charge in [0, 0.05) is 39.8 Å². The quantitative estimate of drug-likeness (QED) is 0.111. The zero-order valence-electron chi connectivity index (χ0n) is 29.3. The Morgan fingerprint density at radius 2 is 1.20 bits per heavy atom. The first-order valence-corrected chi connectivity index (χ1v) is 17.1. The minimum absolute atomic E-state index is 0.0341. The van der Waals surface area contributed by atoms with E-state index in [-0.39, 0.29) is 48.9 Å². The summed E-state index contributed by atoms with van der Waals surface area (Å²) in [5, 5.41) is 5.12. The van der Waals surface area contributed by atoms with Crippen molar-refractivity contribution in [2.45, 2.75) is 64.2 Å². The molecule has 0 unspecified atom stereocenters. The Hall–Kier alpha value is -5.58. The predicted molar refractivity (Wildman–Crippen MR) is 190 cm³/mol. The summed E-state index contributed by atoms with van der Waals surface area (Å²) in [6, 6.07) is 19.2. The number of carbonyl (C=O) groups excluding carboxylic acids is 4. The van der Waals surface area contributed by atoms with E-state index in [1.165, 1.54) is 51.5 Å². The van der Waals surface area contributed by atoms with E-state index < -0.39 is 29.5 Å². The van der Waals surface area contributed by atoms with Gasteiger partial charge >= 0.3 is 24.1 Å². The zero-order valence-corrected chi connectivity index (χ0v) is 29.3. The molecule has 51 heavy (non-hydrogen) atoms. The van der Waals surface area contributed by atoms with Crippen LogP contribution in [0.5, 0.6) is 23.0 Å². The Labute approximate surface area is 297 Å². The smallest absolute Gasteiger partial charge is 0.412 e. The van der Waals surface area contributed by atoms with E-state index >= 15 is 0 Å². The van der Waals surface area contributed by atoms with E-state index in [1.807, 2.05) is 12.1 Å². The lowest BCUT2D eigenvalue weighted by Crippen LogP contribution is -2.32. The Kier molecular flexibility index (Phi) is 11.8. The van der Waals surface area contributed by atoms with Crippen molar-refractivity contribution in [3.05, 3.63) is 107 Å². The van der Waals surface area contributed by atoms with E-state index in [2.05, 4.69) is 55.0 Å². The van der Waals surface area contributed by atoms with E-state index in [4.69, 9.17) is 23.7 Å². The van der Waals surface area contributed by atoms with Gasteiger partial charge in [-0.1, -0.05) is 68.8 Å². The lowest BCUT2D eigenvalue weighted by Gasteiger charge is -2.38. The molecule has 2 amide bonds. The van der Waals surface area contributed by atoms with Crippen LogP contribution in [0.25, 0.3) is 0 Å². The van der Waals surface area contributed by atoms with Crippen molar-refractivity contribution in [2.24, 2.45) is 0 Å². The van der Waals surface area contributed by atoms with Crippen molar-refractivity contribution in [2.75, 3.05) is 26.3 Å². The maximum Gasteiger partial charge on any atom is 0.412 e. The summed E-state index contributed by atoms with van der Waals surface area (Å²) < 4.78 is 27.5. The van der Waals surface area contributed by atoms with Crippen molar-refractivity contribution in [1.29, 1.82) is 0 Å². The fraction of sp³-hybridized carbons (Fsp3) is 0.350. The van der Waals surface area contributed by atoms with Crippen LogP contribution in [-0.4, -0.2) is 50.4 Å². The van der Waals surface area contributed by atoms with Gasteiger partial charge in [-0.05, 0) is 62.8 Å². The normalized spacial score (nSPS) is 14.4. The number of amides is 2. The van der Waals surface area contributed by atoms with Crippen molar-refractivity contribution >= 4 is 24.1 Å². The topological polar surface area (TPSA) is 138 Å². The Morgan fingerprint density at radius 3 is 1.65 bits per heavy atom. The molecule has 1 aliphatic carbocycles. The molecular weight excluding hydrogens is 652 g/mol. The molecule has 0 bridgehead atoms. The molecule has 3 aromatic carbocycles.